The number of nitrogens with zero attached hydrogens (tertiary/aromatic N) is 1. The summed E-state index contributed by atoms with van der Waals surface area (Å²) in [6.07, 6.45) is 1.72. The van der Waals surface area contributed by atoms with E-state index in [0.717, 1.165) is 8.96 Å². The fourth-order valence-corrected chi connectivity index (χ4v) is 2.17. The number of aromatic nitrogens is 1. The first-order valence-electron chi connectivity index (χ1n) is 4.53. The number of rotatable bonds is 2. The van der Waals surface area contributed by atoms with Crippen molar-refractivity contribution in [1.29, 1.82) is 0 Å². The van der Waals surface area contributed by atoms with Crippen LogP contribution in [0.5, 0.6) is 11.5 Å². The second kappa shape index (κ2) is 4.63. The Kier molecular flexibility index (Phi) is 3.39. The van der Waals surface area contributed by atoms with E-state index in [-0.39, 0.29) is 0 Å². The molecule has 3 nitrogen and oxygen atoms in total. The number of halogens is 2. The lowest BCUT2D eigenvalue weighted by Crippen LogP contribution is -1.93. The van der Waals surface area contributed by atoms with Gasteiger partial charge in [-0.25, -0.2) is 0 Å². The molecule has 0 spiro atoms. The molecule has 0 saturated heterocycles. The highest BCUT2D eigenvalue weighted by molar-refractivity contribution is 14.1. The van der Waals surface area contributed by atoms with Crippen molar-refractivity contribution < 1.29 is 9.47 Å². The third kappa shape index (κ3) is 1.80. The molecule has 0 amide bonds. The van der Waals surface area contributed by atoms with Crippen LogP contribution in [0.2, 0.25) is 5.02 Å². The molecule has 0 aliphatic carbocycles. The van der Waals surface area contributed by atoms with Gasteiger partial charge >= 0.3 is 0 Å². The van der Waals surface area contributed by atoms with Crippen LogP contribution in [0.3, 0.4) is 0 Å². The molecule has 0 atom stereocenters. The standard InChI is InChI=1S/C11H9ClINO2/c1-15-7-3-4-8(16-2)11-9(7)10(12)6(13)5-14-11/h3-5H,1-2H3. The lowest BCUT2D eigenvalue weighted by atomic mass is 10.2. The summed E-state index contributed by atoms with van der Waals surface area (Å²) in [5.74, 6) is 1.39. The van der Waals surface area contributed by atoms with Crippen molar-refractivity contribution in [3.8, 4) is 11.5 Å². The summed E-state index contributed by atoms with van der Waals surface area (Å²) in [6.45, 7) is 0. The van der Waals surface area contributed by atoms with Gasteiger partial charge in [-0.2, -0.15) is 0 Å². The van der Waals surface area contributed by atoms with Crippen LogP contribution in [0.1, 0.15) is 0 Å². The zero-order valence-corrected chi connectivity index (χ0v) is 11.7. The molecule has 84 valence electrons. The molecule has 0 saturated carbocycles. The lowest BCUT2D eigenvalue weighted by molar-refractivity contribution is 0.409. The zero-order chi connectivity index (χ0) is 11.7. The van der Waals surface area contributed by atoms with Crippen molar-refractivity contribution in [2.24, 2.45) is 0 Å². The third-order valence-corrected chi connectivity index (χ3v) is 3.81. The first-order chi connectivity index (χ1) is 7.69. The van der Waals surface area contributed by atoms with Crippen LogP contribution >= 0.6 is 34.2 Å². The monoisotopic (exact) mass is 349 g/mol. The Morgan fingerprint density at radius 1 is 1.19 bits per heavy atom. The molecule has 0 unspecified atom stereocenters. The maximum atomic E-state index is 6.26. The Morgan fingerprint density at radius 2 is 1.81 bits per heavy atom. The SMILES string of the molecule is COc1ccc(OC)c2c(Cl)c(I)cnc12. The maximum Gasteiger partial charge on any atom is 0.145 e. The van der Waals surface area contributed by atoms with E-state index < -0.39 is 0 Å². The van der Waals surface area contributed by atoms with E-state index in [1.807, 2.05) is 12.1 Å². The fourth-order valence-electron chi connectivity index (χ4n) is 1.53. The molecular weight excluding hydrogens is 340 g/mol. The Bertz CT molecular complexity index is 545. The predicted molar refractivity (Wildman–Crippen MR) is 72.6 cm³/mol. The molecule has 0 fully saturated rings. The molecule has 2 aromatic rings. The summed E-state index contributed by atoms with van der Waals surface area (Å²) in [5.41, 5.74) is 0.715. The van der Waals surface area contributed by atoms with Gasteiger partial charge in [-0.1, -0.05) is 11.6 Å². The smallest absolute Gasteiger partial charge is 0.145 e. The van der Waals surface area contributed by atoms with Crippen molar-refractivity contribution in [3.05, 3.63) is 26.9 Å². The van der Waals surface area contributed by atoms with Gasteiger partial charge in [0.2, 0.25) is 0 Å². The van der Waals surface area contributed by atoms with E-state index in [1.54, 1.807) is 20.4 Å². The van der Waals surface area contributed by atoms with Crippen molar-refractivity contribution in [1.82, 2.24) is 4.98 Å². The molecule has 0 N–H and O–H groups in total. The highest BCUT2D eigenvalue weighted by atomic mass is 127. The molecule has 0 aliphatic heterocycles. The van der Waals surface area contributed by atoms with E-state index in [0.29, 0.717) is 22.0 Å². The van der Waals surface area contributed by atoms with Crippen LogP contribution in [-0.2, 0) is 0 Å². The molecule has 2 rings (SSSR count). The van der Waals surface area contributed by atoms with E-state index in [1.165, 1.54) is 0 Å². The Labute approximate surface area is 112 Å². The summed E-state index contributed by atoms with van der Waals surface area (Å²) in [6, 6.07) is 3.64. The Balaban J connectivity index is 2.90. The van der Waals surface area contributed by atoms with Crippen LogP contribution in [0.15, 0.2) is 18.3 Å². The number of fused-ring (bicyclic) bond motifs is 1. The maximum absolute atomic E-state index is 6.26. The average molecular weight is 350 g/mol. The van der Waals surface area contributed by atoms with Crippen molar-refractivity contribution >= 4 is 45.1 Å². The summed E-state index contributed by atoms with van der Waals surface area (Å²) >= 11 is 8.39. The molecule has 1 aromatic carbocycles. The van der Waals surface area contributed by atoms with Crippen LogP contribution in [0, 0.1) is 3.57 Å². The number of pyridine rings is 1. The Hall–Kier alpha value is -0.750. The number of hydrogen-bond acceptors (Lipinski definition) is 3. The van der Waals surface area contributed by atoms with Gasteiger partial charge in [0.1, 0.15) is 17.0 Å². The number of hydrogen-bond donors (Lipinski definition) is 0. The van der Waals surface area contributed by atoms with Crippen LogP contribution < -0.4 is 9.47 Å². The predicted octanol–water partition coefficient (Wildman–Crippen LogP) is 3.51. The molecule has 0 aliphatic rings. The minimum atomic E-state index is 0.640. The highest BCUT2D eigenvalue weighted by Crippen LogP contribution is 2.38. The molecule has 5 heteroatoms. The van der Waals surface area contributed by atoms with Gasteiger partial charge < -0.3 is 9.47 Å². The summed E-state index contributed by atoms with van der Waals surface area (Å²) in [4.78, 5) is 4.32. The first-order valence-corrected chi connectivity index (χ1v) is 5.99. The van der Waals surface area contributed by atoms with Gasteiger partial charge in [-0.3, -0.25) is 4.98 Å². The second-order valence-corrected chi connectivity index (χ2v) is 4.65. The third-order valence-electron chi connectivity index (χ3n) is 2.28. The molecule has 16 heavy (non-hydrogen) atoms. The van der Waals surface area contributed by atoms with Crippen molar-refractivity contribution in [2.45, 2.75) is 0 Å². The minimum absolute atomic E-state index is 0.640. The molecule has 1 aromatic heterocycles. The zero-order valence-electron chi connectivity index (χ0n) is 8.75. The van der Waals surface area contributed by atoms with Crippen molar-refractivity contribution in [3.63, 3.8) is 0 Å². The Morgan fingerprint density at radius 3 is 2.44 bits per heavy atom. The normalized spacial score (nSPS) is 10.5. The van der Waals surface area contributed by atoms with E-state index in [2.05, 4.69) is 27.6 Å². The van der Waals surface area contributed by atoms with Gasteiger partial charge in [0.15, 0.2) is 0 Å². The molecule has 1 heterocycles. The quantitative estimate of drug-likeness (QED) is 0.778. The summed E-state index contributed by atoms with van der Waals surface area (Å²) in [5, 5.41) is 1.43. The summed E-state index contributed by atoms with van der Waals surface area (Å²) in [7, 11) is 3.21. The topological polar surface area (TPSA) is 31.4 Å². The van der Waals surface area contributed by atoms with Crippen molar-refractivity contribution in [2.75, 3.05) is 14.2 Å². The van der Waals surface area contributed by atoms with E-state index >= 15 is 0 Å². The van der Waals surface area contributed by atoms with Gasteiger partial charge in [0, 0.05) is 6.20 Å². The average Bonchev–Trinajstić information content (AvgIpc) is 2.32. The van der Waals surface area contributed by atoms with Crippen LogP contribution in [0.4, 0.5) is 0 Å². The number of methoxy groups -OCH3 is 2. The lowest BCUT2D eigenvalue weighted by Gasteiger charge is -2.10. The number of ether oxygens (including phenoxy) is 2. The first kappa shape index (κ1) is 11.7. The van der Waals surface area contributed by atoms with E-state index in [4.69, 9.17) is 21.1 Å². The minimum Gasteiger partial charge on any atom is -0.496 e. The van der Waals surface area contributed by atoms with Gasteiger partial charge in [0.05, 0.1) is 28.2 Å². The highest BCUT2D eigenvalue weighted by Gasteiger charge is 2.13. The van der Waals surface area contributed by atoms with Gasteiger partial charge in [-0.05, 0) is 34.7 Å². The van der Waals surface area contributed by atoms with E-state index in [9.17, 15) is 0 Å². The second-order valence-electron chi connectivity index (χ2n) is 3.11. The van der Waals surface area contributed by atoms with Gasteiger partial charge in [0.25, 0.3) is 0 Å². The van der Waals surface area contributed by atoms with Crippen LogP contribution in [-0.4, -0.2) is 19.2 Å². The molecular formula is C11H9ClINO2. The summed E-state index contributed by atoms with van der Waals surface area (Å²) < 4.78 is 11.4. The number of benzene rings is 1. The molecule has 0 bridgehead atoms. The van der Waals surface area contributed by atoms with Gasteiger partial charge in [-0.15, -0.1) is 0 Å². The fraction of sp³-hybridized carbons (Fsp3) is 0.182. The largest absolute Gasteiger partial charge is 0.496 e. The van der Waals surface area contributed by atoms with Crippen LogP contribution in [0.25, 0.3) is 10.9 Å². The molecule has 0 radical (unpaired) electrons.